The number of hydrogen-bond donors (Lipinski definition) is 1. The number of halogens is 2. The van der Waals surface area contributed by atoms with Crippen molar-refractivity contribution in [2.24, 2.45) is 0 Å². The predicted molar refractivity (Wildman–Crippen MR) is 115 cm³/mol. The highest BCUT2D eigenvalue weighted by Crippen LogP contribution is 2.43. The normalized spacial score (nSPS) is 15.9. The van der Waals surface area contributed by atoms with Crippen molar-refractivity contribution in [3.8, 4) is 10.9 Å². The number of amides is 1. The van der Waals surface area contributed by atoms with Gasteiger partial charge < -0.3 is 10.1 Å². The first-order chi connectivity index (χ1) is 14.5. The van der Waals surface area contributed by atoms with Crippen LogP contribution >= 0.6 is 22.9 Å². The summed E-state index contributed by atoms with van der Waals surface area (Å²) in [5.74, 6) is 0.0480. The fraction of sp³-hybridized carbons (Fsp3) is 0.190. The highest BCUT2D eigenvalue weighted by Gasteiger charge is 2.35. The molecule has 2 aromatic heterocycles. The smallest absolute Gasteiger partial charge is 0.226 e. The van der Waals surface area contributed by atoms with Gasteiger partial charge in [-0.05, 0) is 37.3 Å². The molecule has 152 valence electrons. The molecular formula is C21H16ClFN4O2S. The minimum atomic E-state index is -0.523. The maximum Gasteiger partial charge on any atom is 0.226 e. The van der Waals surface area contributed by atoms with Crippen LogP contribution in [0.25, 0.3) is 15.3 Å². The number of ether oxygens (including phenoxy) is 1. The van der Waals surface area contributed by atoms with E-state index in [9.17, 15) is 9.18 Å². The summed E-state index contributed by atoms with van der Waals surface area (Å²) in [6, 6.07) is 10.2. The van der Waals surface area contributed by atoms with E-state index in [2.05, 4.69) is 15.4 Å². The first kappa shape index (κ1) is 19.0. The molecule has 30 heavy (non-hydrogen) atoms. The Morgan fingerprint density at radius 3 is 2.90 bits per heavy atom. The summed E-state index contributed by atoms with van der Waals surface area (Å²) < 4.78 is 22.5. The number of aromatic nitrogens is 3. The molecule has 1 aliphatic rings. The van der Waals surface area contributed by atoms with Gasteiger partial charge in [0.05, 0.1) is 23.0 Å². The standard InChI is InChI=1S/C21H16ClFN4O2S/c1-10-18-12(19-13(22)4-3-5-14(19)23)9-17(28)25-20(18)27(26-10)21-24-15-7-6-11(29-2)8-16(15)30-21/h3-8,12H,9H2,1-2H3,(H,25,28)/t12-/m1/s1. The van der Waals surface area contributed by atoms with E-state index >= 15 is 0 Å². The molecule has 1 amide bonds. The Morgan fingerprint density at radius 1 is 1.30 bits per heavy atom. The van der Waals surface area contributed by atoms with E-state index in [1.807, 2.05) is 25.1 Å². The van der Waals surface area contributed by atoms with Gasteiger partial charge in [0.1, 0.15) is 17.4 Å². The lowest BCUT2D eigenvalue weighted by Gasteiger charge is -2.25. The summed E-state index contributed by atoms with van der Waals surface area (Å²) in [5, 5.41) is 8.41. The molecule has 6 nitrogen and oxygen atoms in total. The van der Waals surface area contributed by atoms with Crippen molar-refractivity contribution in [3.63, 3.8) is 0 Å². The third-order valence-corrected chi connectivity index (χ3v) is 6.54. The number of carbonyl (C=O) groups excluding carboxylic acids is 1. The fourth-order valence-corrected chi connectivity index (χ4v) is 5.13. The quantitative estimate of drug-likeness (QED) is 0.481. The van der Waals surface area contributed by atoms with E-state index in [4.69, 9.17) is 16.3 Å². The number of anilines is 1. The SMILES string of the molecule is COc1ccc2nc(-n3nc(C)c4c3NC(=O)C[C@H]4c3c(F)cccc3Cl)sc2c1. The number of thiazole rings is 1. The average Bonchev–Trinajstić information content (AvgIpc) is 3.27. The van der Waals surface area contributed by atoms with E-state index < -0.39 is 11.7 Å². The molecule has 5 rings (SSSR count). The van der Waals surface area contributed by atoms with Crippen molar-refractivity contribution >= 4 is 44.9 Å². The third kappa shape index (κ3) is 2.95. The number of fused-ring (bicyclic) bond motifs is 2. The zero-order valence-corrected chi connectivity index (χ0v) is 17.6. The second kappa shape index (κ2) is 7.07. The number of benzene rings is 2. The number of rotatable bonds is 3. The maximum absolute atomic E-state index is 14.7. The van der Waals surface area contributed by atoms with Crippen LogP contribution in [0.1, 0.15) is 29.2 Å². The zero-order chi connectivity index (χ0) is 21.0. The van der Waals surface area contributed by atoms with Gasteiger partial charge in [-0.15, -0.1) is 0 Å². The maximum atomic E-state index is 14.7. The summed E-state index contributed by atoms with van der Waals surface area (Å²) in [7, 11) is 1.61. The molecular weight excluding hydrogens is 427 g/mol. The molecule has 2 aromatic carbocycles. The molecule has 1 atom stereocenters. The van der Waals surface area contributed by atoms with Crippen molar-refractivity contribution in [1.82, 2.24) is 14.8 Å². The van der Waals surface area contributed by atoms with Crippen LogP contribution in [0.5, 0.6) is 5.75 Å². The molecule has 0 spiro atoms. The van der Waals surface area contributed by atoms with Gasteiger partial charge in [-0.1, -0.05) is 29.0 Å². The summed E-state index contributed by atoms with van der Waals surface area (Å²) in [6.45, 7) is 1.84. The predicted octanol–water partition coefficient (Wildman–Crippen LogP) is 5.07. The lowest BCUT2D eigenvalue weighted by Crippen LogP contribution is -2.25. The number of carbonyl (C=O) groups is 1. The Morgan fingerprint density at radius 2 is 2.13 bits per heavy atom. The van der Waals surface area contributed by atoms with Gasteiger partial charge in [0.15, 0.2) is 0 Å². The van der Waals surface area contributed by atoms with Crippen LogP contribution in [0.15, 0.2) is 36.4 Å². The number of aryl methyl sites for hydroxylation is 1. The monoisotopic (exact) mass is 442 g/mol. The second-order valence-electron chi connectivity index (χ2n) is 7.03. The Balaban J connectivity index is 1.69. The Bertz CT molecular complexity index is 1300. The van der Waals surface area contributed by atoms with E-state index in [1.165, 1.54) is 17.4 Å². The van der Waals surface area contributed by atoms with Gasteiger partial charge in [0.25, 0.3) is 0 Å². The van der Waals surface area contributed by atoms with Gasteiger partial charge in [-0.25, -0.2) is 9.37 Å². The van der Waals surface area contributed by atoms with Crippen LogP contribution in [0.4, 0.5) is 10.2 Å². The van der Waals surface area contributed by atoms with Crippen LogP contribution in [-0.4, -0.2) is 27.8 Å². The Kier molecular flexibility index (Phi) is 4.48. The molecule has 0 saturated heterocycles. The first-order valence-corrected chi connectivity index (χ1v) is 10.4. The molecule has 0 fully saturated rings. The molecule has 0 radical (unpaired) electrons. The molecule has 0 bridgehead atoms. The molecule has 9 heteroatoms. The van der Waals surface area contributed by atoms with Crippen molar-refractivity contribution in [3.05, 3.63) is 64.1 Å². The van der Waals surface area contributed by atoms with Gasteiger partial charge in [0.2, 0.25) is 11.0 Å². The number of nitrogens with zero attached hydrogens (tertiary/aromatic N) is 3. The number of methoxy groups -OCH3 is 1. The highest BCUT2D eigenvalue weighted by atomic mass is 35.5. The van der Waals surface area contributed by atoms with Gasteiger partial charge in [-0.3, -0.25) is 4.79 Å². The van der Waals surface area contributed by atoms with Crippen LogP contribution in [-0.2, 0) is 4.79 Å². The summed E-state index contributed by atoms with van der Waals surface area (Å²) in [6.07, 6.45) is 0.0945. The zero-order valence-electron chi connectivity index (χ0n) is 16.1. The number of hydrogen-bond acceptors (Lipinski definition) is 5. The van der Waals surface area contributed by atoms with Crippen molar-refractivity contribution in [2.75, 3.05) is 12.4 Å². The van der Waals surface area contributed by atoms with Crippen LogP contribution in [0.3, 0.4) is 0 Å². The van der Waals surface area contributed by atoms with E-state index in [0.29, 0.717) is 27.2 Å². The van der Waals surface area contributed by atoms with E-state index in [1.54, 1.807) is 23.9 Å². The lowest BCUT2D eigenvalue weighted by atomic mass is 9.85. The van der Waals surface area contributed by atoms with Crippen molar-refractivity contribution in [1.29, 1.82) is 0 Å². The third-order valence-electron chi connectivity index (χ3n) is 5.22. The van der Waals surface area contributed by atoms with Crippen LogP contribution in [0, 0.1) is 12.7 Å². The topological polar surface area (TPSA) is 69.0 Å². The van der Waals surface area contributed by atoms with Gasteiger partial charge in [0, 0.05) is 28.5 Å². The van der Waals surface area contributed by atoms with E-state index in [-0.39, 0.29) is 12.3 Å². The molecule has 4 aromatic rings. The minimum absolute atomic E-state index is 0.0945. The summed E-state index contributed by atoms with van der Waals surface area (Å²) >= 11 is 7.74. The second-order valence-corrected chi connectivity index (χ2v) is 8.45. The summed E-state index contributed by atoms with van der Waals surface area (Å²) in [4.78, 5) is 17.2. The van der Waals surface area contributed by atoms with Crippen LogP contribution < -0.4 is 10.1 Å². The Labute approximate surface area is 180 Å². The molecule has 1 aliphatic heterocycles. The first-order valence-electron chi connectivity index (χ1n) is 9.24. The molecule has 0 aliphatic carbocycles. The highest BCUT2D eigenvalue weighted by molar-refractivity contribution is 7.20. The number of nitrogens with one attached hydrogen (secondary N) is 1. The average molecular weight is 443 g/mol. The summed E-state index contributed by atoms with van der Waals surface area (Å²) in [5.41, 5.74) is 2.55. The van der Waals surface area contributed by atoms with Crippen LogP contribution in [0.2, 0.25) is 5.02 Å². The molecule has 1 N–H and O–H groups in total. The van der Waals surface area contributed by atoms with Crippen molar-refractivity contribution in [2.45, 2.75) is 19.3 Å². The molecule has 3 heterocycles. The Hall–Kier alpha value is -2.97. The lowest BCUT2D eigenvalue weighted by molar-refractivity contribution is -0.116. The van der Waals surface area contributed by atoms with Gasteiger partial charge >= 0.3 is 0 Å². The minimum Gasteiger partial charge on any atom is -0.497 e. The van der Waals surface area contributed by atoms with Gasteiger partial charge in [-0.2, -0.15) is 9.78 Å². The van der Waals surface area contributed by atoms with E-state index in [0.717, 1.165) is 21.5 Å². The molecule has 0 saturated carbocycles. The molecule has 0 unspecified atom stereocenters. The van der Waals surface area contributed by atoms with Crippen molar-refractivity contribution < 1.29 is 13.9 Å². The fourth-order valence-electron chi connectivity index (χ4n) is 3.89. The largest absolute Gasteiger partial charge is 0.497 e.